The minimum Gasteiger partial charge on any atom is -0.325 e. The molecule has 28 heavy (non-hydrogen) atoms. The number of hydrazine groups is 1. The molecule has 6 nitrogen and oxygen atoms in total. The molecule has 0 aliphatic carbocycles. The van der Waals surface area contributed by atoms with Crippen molar-refractivity contribution in [3.05, 3.63) is 59.2 Å². The van der Waals surface area contributed by atoms with Crippen LogP contribution >= 0.6 is 0 Å². The highest BCUT2D eigenvalue weighted by Crippen LogP contribution is 2.21. The van der Waals surface area contributed by atoms with Gasteiger partial charge in [0.1, 0.15) is 6.04 Å². The number of rotatable bonds is 5. The molecular formula is C22H28N4O2. The summed E-state index contributed by atoms with van der Waals surface area (Å²) >= 11 is 0. The Hall–Kier alpha value is -2.70. The summed E-state index contributed by atoms with van der Waals surface area (Å²) in [6.45, 7) is 8.19. The average molecular weight is 380 g/mol. The quantitative estimate of drug-likeness (QED) is 0.641. The number of anilines is 2. The van der Waals surface area contributed by atoms with E-state index in [1.807, 2.05) is 32.0 Å². The maximum absolute atomic E-state index is 12.5. The molecule has 0 spiro atoms. The molecule has 1 heterocycles. The topological polar surface area (TPSA) is 82.3 Å². The Morgan fingerprint density at radius 2 is 1.61 bits per heavy atom. The largest absolute Gasteiger partial charge is 0.325 e. The van der Waals surface area contributed by atoms with Crippen molar-refractivity contribution in [1.29, 1.82) is 0 Å². The van der Waals surface area contributed by atoms with E-state index in [1.165, 1.54) is 0 Å². The molecule has 2 unspecified atom stereocenters. The fraction of sp³-hybridized carbons (Fsp3) is 0.364. The van der Waals surface area contributed by atoms with Crippen molar-refractivity contribution in [1.82, 2.24) is 10.9 Å². The molecule has 3 rings (SSSR count). The van der Waals surface area contributed by atoms with Crippen LogP contribution in [0.4, 0.5) is 11.4 Å². The third-order valence-electron chi connectivity index (χ3n) is 5.19. The van der Waals surface area contributed by atoms with Gasteiger partial charge in [-0.3, -0.25) is 15.0 Å². The number of para-hydroxylation sites is 1. The molecule has 1 aliphatic rings. The van der Waals surface area contributed by atoms with Gasteiger partial charge < -0.3 is 10.6 Å². The second-order valence-electron chi connectivity index (χ2n) is 7.72. The summed E-state index contributed by atoms with van der Waals surface area (Å²) < 4.78 is 0. The molecule has 1 aliphatic heterocycles. The first kappa shape index (κ1) is 20.0. The Morgan fingerprint density at radius 3 is 2.18 bits per heavy atom. The van der Waals surface area contributed by atoms with Crippen molar-refractivity contribution < 1.29 is 9.59 Å². The molecule has 2 amide bonds. The minimum absolute atomic E-state index is 0.0802. The van der Waals surface area contributed by atoms with Crippen LogP contribution in [0.15, 0.2) is 42.5 Å². The molecule has 0 saturated carbocycles. The van der Waals surface area contributed by atoms with Crippen molar-refractivity contribution in [2.75, 3.05) is 10.6 Å². The Bertz CT molecular complexity index is 841. The summed E-state index contributed by atoms with van der Waals surface area (Å²) in [4.78, 5) is 25.0. The van der Waals surface area contributed by atoms with Crippen LogP contribution in [0.25, 0.3) is 0 Å². The van der Waals surface area contributed by atoms with Gasteiger partial charge in [-0.1, -0.05) is 32.0 Å². The molecule has 1 fully saturated rings. The summed E-state index contributed by atoms with van der Waals surface area (Å²) in [5, 5.41) is 5.87. The summed E-state index contributed by atoms with van der Waals surface area (Å²) in [5.41, 5.74) is 10.3. The number of hydrogen-bond donors (Lipinski definition) is 4. The normalized spacial score (nSPS) is 18.9. The zero-order valence-electron chi connectivity index (χ0n) is 16.8. The van der Waals surface area contributed by atoms with E-state index in [4.69, 9.17) is 0 Å². The maximum Gasteiger partial charge on any atom is 0.255 e. The predicted molar refractivity (Wildman–Crippen MR) is 112 cm³/mol. The Morgan fingerprint density at radius 1 is 0.964 bits per heavy atom. The number of carbonyl (C=O) groups is 2. The summed E-state index contributed by atoms with van der Waals surface area (Å²) in [6.07, 6.45) is 0.750. The van der Waals surface area contributed by atoms with Gasteiger partial charge in [0.2, 0.25) is 5.91 Å². The smallest absolute Gasteiger partial charge is 0.255 e. The number of hydrogen-bond acceptors (Lipinski definition) is 4. The molecule has 6 heteroatoms. The Kier molecular flexibility index (Phi) is 6.11. The van der Waals surface area contributed by atoms with E-state index < -0.39 is 0 Å². The van der Waals surface area contributed by atoms with Gasteiger partial charge in [-0.05, 0) is 61.6 Å². The van der Waals surface area contributed by atoms with Crippen molar-refractivity contribution in [3.63, 3.8) is 0 Å². The van der Waals surface area contributed by atoms with E-state index in [2.05, 4.69) is 35.3 Å². The van der Waals surface area contributed by atoms with Crippen LogP contribution in [0.2, 0.25) is 0 Å². The number of benzene rings is 2. The molecule has 4 N–H and O–H groups in total. The average Bonchev–Trinajstić information content (AvgIpc) is 3.16. The fourth-order valence-electron chi connectivity index (χ4n) is 3.32. The zero-order chi connectivity index (χ0) is 20.3. The fourth-order valence-corrected chi connectivity index (χ4v) is 3.32. The lowest BCUT2D eigenvalue weighted by Crippen LogP contribution is -2.40. The van der Waals surface area contributed by atoms with Crippen LogP contribution in [0.3, 0.4) is 0 Å². The minimum atomic E-state index is -0.264. The van der Waals surface area contributed by atoms with E-state index in [1.54, 1.807) is 24.3 Å². The van der Waals surface area contributed by atoms with Gasteiger partial charge >= 0.3 is 0 Å². The summed E-state index contributed by atoms with van der Waals surface area (Å²) in [5.74, 6) is 0.208. The van der Waals surface area contributed by atoms with E-state index in [-0.39, 0.29) is 23.9 Å². The number of carbonyl (C=O) groups excluding carboxylic acids is 2. The standard InChI is InChI=1S/C22H28N4O2/c1-13(2)18-12-19(26-25-18)22(28)23-17-10-8-16(9-11-17)21(27)24-20-14(3)6-5-7-15(20)4/h5-11,13,18-19,25-26H,12H2,1-4H3,(H,23,28)(H,24,27). The van der Waals surface area contributed by atoms with Gasteiger partial charge in [-0.2, -0.15) is 0 Å². The first-order valence-electron chi connectivity index (χ1n) is 9.64. The second-order valence-corrected chi connectivity index (χ2v) is 7.72. The zero-order valence-corrected chi connectivity index (χ0v) is 16.8. The van der Waals surface area contributed by atoms with E-state index in [0.717, 1.165) is 23.2 Å². The number of aryl methyl sites for hydroxylation is 2. The van der Waals surface area contributed by atoms with Gasteiger partial charge in [0.25, 0.3) is 5.91 Å². The van der Waals surface area contributed by atoms with Crippen molar-refractivity contribution in [3.8, 4) is 0 Å². The lowest BCUT2D eigenvalue weighted by Gasteiger charge is -2.13. The van der Waals surface area contributed by atoms with Crippen LogP contribution in [-0.2, 0) is 4.79 Å². The van der Waals surface area contributed by atoms with E-state index in [9.17, 15) is 9.59 Å². The van der Waals surface area contributed by atoms with Crippen LogP contribution in [-0.4, -0.2) is 23.9 Å². The van der Waals surface area contributed by atoms with Gasteiger partial charge in [-0.15, -0.1) is 0 Å². The van der Waals surface area contributed by atoms with E-state index >= 15 is 0 Å². The van der Waals surface area contributed by atoms with Crippen molar-refractivity contribution in [2.45, 2.75) is 46.2 Å². The highest BCUT2D eigenvalue weighted by molar-refractivity contribution is 6.05. The number of nitrogens with one attached hydrogen (secondary N) is 4. The Labute approximate surface area is 166 Å². The molecular weight excluding hydrogens is 352 g/mol. The van der Waals surface area contributed by atoms with Gasteiger partial charge in [0.05, 0.1) is 0 Å². The van der Waals surface area contributed by atoms with Gasteiger partial charge in [0, 0.05) is 23.0 Å². The molecule has 0 bridgehead atoms. The third kappa shape index (κ3) is 4.58. The monoisotopic (exact) mass is 380 g/mol. The van der Waals surface area contributed by atoms with E-state index in [0.29, 0.717) is 17.2 Å². The number of amides is 2. The summed E-state index contributed by atoms with van der Waals surface area (Å²) in [6, 6.07) is 12.9. The molecule has 0 radical (unpaired) electrons. The molecule has 148 valence electrons. The lowest BCUT2D eigenvalue weighted by atomic mass is 9.99. The van der Waals surface area contributed by atoms with Crippen LogP contribution in [0.5, 0.6) is 0 Å². The molecule has 2 aromatic rings. The molecule has 0 aromatic heterocycles. The second kappa shape index (κ2) is 8.54. The van der Waals surface area contributed by atoms with Gasteiger partial charge in [0.15, 0.2) is 0 Å². The highest BCUT2D eigenvalue weighted by Gasteiger charge is 2.30. The molecule has 2 atom stereocenters. The predicted octanol–water partition coefficient (Wildman–Crippen LogP) is 3.39. The summed E-state index contributed by atoms with van der Waals surface area (Å²) in [7, 11) is 0. The highest BCUT2D eigenvalue weighted by atomic mass is 16.2. The first-order chi connectivity index (χ1) is 13.3. The lowest BCUT2D eigenvalue weighted by molar-refractivity contribution is -0.117. The van der Waals surface area contributed by atoms with Crippen molar-refractivity contribution in [2.24, 2.45) is 5.92 Å². The first-order valence-corrected chi connectivity index (χ1v) is 9.64. The SMILES string of the molecule is Cc1cccc(C)c1NC(=O)c1ccc(NC(=O)C2CC(C(C)C)NN2)cc1. The maximum atomic E-state index is 12.5. The van der Waals surface area contributed by atoms with Crippen LogP contribution < -0.4 is 21.5 Å². The third-order valence-corrected chi connectivity index (χ3v) is 5.19. The van der Waals surface area contributed by atoms with Gasteiger partial charge in [-0.25, -0.2) is 5.43 Å². The van der Waals surface area contributed by atoms with Crippen molar-refractivity contribution >= 4 is 23.2 Å². The van der Waals surface area contributed by atoms with Crippen LogP contribution in [0.1, 0.15) is 41.8 Å². The van der Waals surface area contributed by atoms with Crippen LogP contribution in [0, 0.1) is 19.8 Å². The molecule has 1 saturated heterocycles. The Balaban J connectivity index is 1.60. The molecule has 2 aromatic carbocycles.